The Kier molecular flexibility index (Phi) is 5.45. The minimum absolute atomic E-state index is 0.770. The Morgan fingerprint density at radius 3 is 2.00 bits per heavy atom. The van der Waals surface area contributed by atoms with Crippen LogP contribution in [0.15, 0.2) is 30.3 Å². The molecule has 0 aromatic heterocycles. The van der Waals surface area contributed by atoms with Crippen molar-refractivity contribution >= 4 is 0 Å². The molecule has 15 heavy (non-hydrogen) atoms. The van der Waals surface area contributed by atoms with Gasteiger partial charge in [0.05, 0.1) is 0 Å². The fourth-order valence-electron chi connectivity index (χ4n) is 2.54. The van der Waals surface area contributed by atoms with E-state index in [0.29, 0.717) is 0 Å². The minimum atomic E-state index is 0.770. The van der Waals surface area contributed by atoms with Crippen LogP contribution in [-0.4, -0.2) is 0 Å². The number of hydrogen-bond acceptors (Lipinski definition) is 0. The van der Waals surface area contributed by atoms with Crippen molar-refractivity contribution in [3.05, 3.63) is 35.9 Å². The van der Waals surface area contributed by atoms with Crippen molar-refractivity contribution < 1.29 is 0 Å². The van der Waals surface area contributed by atoms with E-state index in [-0.39, 0.29) is 0 Å². The predicted octanol–water partition coefficient (Wildman–Crippen LogP) is 5.01. The molecule has 0 heterocycles. The zero-order valence-corrected chi connectivity index (χ0v) is 10.4. The van der Waals surface area contributed by atoms with Gasteiger partial charge in [0.25, 0.3) is 0 Å². The maximum absolute atomic E-state index is 2.32. The van der Waals surface area contributed by atoms with Gasteiger partial charge in [-0.15, -0.1) is 0 Å². The lowest BCUT2D eigenvalue weighted by Gasteiger charge is -2.25. The van der Waals surface area contributed by atoms with Crippen molar-refractivity contribution in [3.63, 3.8) is 0 Å². The van der Waals surface area contributed by atoms with Crippen molar-refractivity contribution in [2.45, 2.75) is 52.4 Å². The highest BCUT2D eigenvalue weighted by atomic mass is 14.2. The van der Waals surface area contributed by atoms with Gasteiger partial charge < -0.3 is 0 Å². The second-order valence-electron chi connectivity index (χ2n) is 4.38. The van der Waals surface area contributed by atoms with Crippen molar-refractivity contribution in [1.29, 1.82) is 0 Å². The third kappa shape index (κ3) is 3.37. The Morgan fingerprint density at radius 1 is 0.933 bits per heavy atom. The van der Waals surface area contributed by atoms with Crippen molar-refractivity contribution in [2.24, 2.45) is 5.92 Å². The molecule has 0 spiro atoms. The van der Waals surface area contributed by atoms with E-state index in [4.69, 9.17) is 0 Å². The first-order valence-electron chi connectivity index (χ1n) is 6.38. The Hall–Kier alpha value is -0.780. The lowest BCUT2D eigenvalue weighted by Crippen LogP contribution is -2.11. The molecule has 0 aliphatic heterocycles. The van der Waals surface area contributed by atoms with Gasteiger partial charge in [-0.1, -0.05) is 70.4 Å². The first-order valence-corrected chi connectivity index (χ1v) is 6.38. The van der Waals surface area contributed by atoms with Crippen LogP contribution < -0.4 is 0 Å². The van der Waals surface area contributed by atoms with Gasteiger partial charge in [0.15, 0.2) is 0 Å². The summed E-state index contributed by atoms with van der Waals surface area (Å²) in [6.07, 6.45) is 5.22. The second kappa shape index (κ2) is 6.66. The minimum Gasteiger partial charge on any atom is -0.0654 e. The highest BCUT2D eigenvalue weighted by molar-refractivity contribution is 5.20. The molecular weight excluding hydrogens is 180 g/mol. The average molecular weight is 204 g/mol. The Morgan fingerprint density at radius 2 is 1.53 bits per heavy atom. The first-order chi connectivity index (χ1) is 7.33. The van der Waals surface area contributed by atoms with Gasteiger partial charge in [-0.25, -0.2) is 0 Å². The molecule has 1 rings (SSSR count). The Labute approximate surface area is 94.7 Å². The molecule has 1 aromatic carbocycles. The fourth-order valence-corrected chi connectivity index (χ4v) is 2.54. The van der Waals surface area contributed by atoms with Crippen molar-refractivity contribution in [2.75, 3.05) is 0 Å². The van der Waals surface area contributed by atoms with E-state index in [1.807, 2.05) is 0 Å². The molecule has 0 bridgehead atoms. The van der Waals surface area contributed by atoms with Crippen LogP contribution in [0.5, 0.6) is 0 Å². The van der Waals surface area contributed by atoms with Gasteiger partial charge in [0, 0.05) is 0 Å². The highest BCUT2D eigenvalue weighted by Gasteiger charge is 2.18. The van der Waals surface area contributed by atoms with E-state index in [1.54, 1.807) is 0 Å². The molecule has 1 aromatic rings. The van der Waals surface area contributed by atoms with E-state index < -0.39 is 0 Å². The van der Waals surface area contributed by atoms with Gasteiger partial charge in [-0.3, -0.25) is 0 Å². The molecule has 0 aliphatic rings. The van der Waals surface area contributed by atoms with Crippen LogP contribution >= 0.6 is 0 Å². The molecule has 0 aliphatic carbocycles. The molecule has 0 saturated heterocycles. The number of hydrogen-bond donors (Lipinski definition) is 0. The van der Waals surface area contributed by atoms with Crippen molar-refractivity contribution in [1.82, 2.24) is 0 Å². The molecule has 0 nitrogen and oxygen atoms in total. The monoisotopic (exact) mass is 204 g/mol. The van der Waals surface area contributed by atoms with Crippen LogP contribution in [0.2, 0.25) is 0 Å². The molecule has 0 radical (unpaired) electrons. The number of rotatable bonds is 6. The van der Waals surface area contributed by atoms with E-state index in [2.05, 4.69) is 51.1 Å². The Bertz CT molecular complexity index is 246. The third-order valence-corrected chi connectivity index (χ3v) is 3.45. The average Bonchev–Trinajstić information content (AvgIpc) is 2.30. The summed E-state index contributed by atoms with van der Waals surface area (Å²) in [7, 11) is 0. The van der Waals surface area contributed by atoms with E-state index in [9.17, 15) is 0 Å². The summed E-state index contributed by atoms with van der Waals surface area (Å²) in [6, 6.07) is 11.0. The SMILES string of the molecule is CCCC(c1ccccc1)C(CC)CC. The third-order valence-electron chi connectivity index (χ3n) is 3.45. The summed E-state index contributed by atoms with van der Waals surface area (Å²) in [5, 5.41) is 0. The maximum atomic E-state index is 2.32. The summed E-state index contributed by atoms with van der Waals surface area (Å²) in [4.78, 5) is 0. The molecule has 84 valence electrons. The van der Waals surface area contributed by atoms with Gasteiger partial charge in [-0.05, 0) is 23.8 Å². The zero-order valence-electron chi connectivity index (χ0n) is 10.4. The normalized spacial score (nSPS) is 13.1. The second-order valence-corrected chi connectivity index (χ2v) is 4.38. The van der Waals surface area contributed by atoms with Crippen molar-refractivity contribution in [3.8, 4) is 0 Å². The zero-order chi connectivity index (χ0) is 11.1. The van der Waals surface area contributed by atoms with E-state index >= 15 is 0 Å². The van der Waals surface area contributed by atoms with E-state index in [0.717, 1.165) is 11.8 Å². The number of benzene rings is 1. The van der Waals surface area contributed by atoms with Gasteiger partial charge >= 0.3 is 0 Å². The van der Waals surface area contributed by atoms with Gasteiger partial charge in [-0.2, -0.15) is 0 Å². The molecular formula is C15H24. The molecule has 1 atom stereocenters. The first kappa shape index (κ1) is 12.3. The van der Waals surface area contributed by atoms with Gasteiger partial charge in [0.2, 0.25) is 0 Å². The molecule has 0 fully saturated rings. The smallest absolute Gasteiger partial charge is 0.0134 e. The highest BCUT2D eigenvalue weighted by Crippen LogP contribution is 2.33. The van der Waals surface area contributed by atoms with Crippen LogP contribution in [0.3, 0.4) is 0 Å². The molecule has 0 amide bonds. The fraction of sp³-hybridized carbons (Fsp3) is 0.600. The lowest BCUT2D eigenvalue weighted by molar-refractivity contribution is 0.376. The van der Waals surface area contributed by atoms with Crippen LogP contribution in [0, 0.1) is 5.92 Å². The largest absolute Gasteiger partial charge is 0.0654 e. The quantitative estimate of drug-likeness (QED) is 0.611. The molecule has 0 saturated carbocycles. The van der Waals surface area contributed by atoms with Crippen LogP contribution in [-0.2, 0) is 0 Å². The van der Waals surface area contributed by atoms with Crippen LogP contribution in [0.25, 0.3) is 0 Å². The summed E-state index contributed by atoms with van der Waals surface area (Å²) in [5.41, 5.74) is 1.54. The molecule has 1 unspecified atom stereocenters. The summed E-state index contributed by atoms with van der Waals surface area (Å²) in [6.45, 7) is 6.93. The molecule has 0 N–H and O–H groups in total. The summed E-state index contributed by atoms with van der Waals surface area (Å²) < 4.78 is 0. The topological polar surface area (TPSA) is 0 Å². The van der Waals surface area contributed by atoms with Crippen LogP contribution in [0.4, 0.5) is 0 Å². The van der Waals surface area contributed by atoms with Gasteiger partial charge in [0.1, 0.15) is 0 Å². The molecule has 0 heteroatoms. The standard InChI is InChI=1S/C15H24/c1-4-10-15(13(5-2)6-3)14-11-8-7-9-12-14/h7-9,11-13,15H,4-6,10H2,1-3H3. The lowest BCUT2D eigenvalue weighted by atomic mass is 9.80. The summed E-state index contributed by atoms with van der Waals surface area (Å²) in [5.74, 6) is 1.62. The Balaban J connectivity index is 2.81. The van der Waals surface area contributed by atoms with E-state index in [1.165, 1.54) is 31.2 Å². The maximum Gasteiger partial charge on any atom is -0.0134 e. The van der Waals surface area contributed by atoms with Crippen LogP contribution in [0.1, 0.15) is 57.9 Å². The predicted molar refractivity (Wildman–Crippen MR) is 68.2 cm³/mol. The summed E-state index contributed by atoms with van der Waals surface area (Å²) >= 11 is 0.